The van der Waals surface area contributed by atoms with Crippen LogP contribution in [-0.2, 0) is 11.2 Å². The molecule has 3 aromatic rings. The number of ether oxygens (including phenoxy) is 2. The second kappa shape index (κ2) is 12.9. The van der Waals surface area contributed by atoms with Gasteiger partial charge in [0, 0.05) is 17.1 Å². The molecule has 0 aliphatic carbocycles. The van der Waals surface area contributed by atoms with Crippen molar-refractivity contribution in [1.82, 2.24) is 10.2 Å². The van der Waals surface area contributed by atoms with Gasteiger partial charge in [0.05, 0.1) is 13.7 Å². The van der Waals surface area contributed by atoms with E-state index in [1.807, 2.05) is 6.07 Å². The molecule has 0 fully saturated rings. The molecule has 1 heterocycles. The van der Waals surface area contributed by atoms with Crippen LogP contribution in [0.3, 0.4) is 0 Å². The number of nitrogens with zero attached hydrogens (tertiary/aromatic N) is 3. The third-order valence-electron chi connectivity index (χ3n) is 4.76. The molecule has 0 spiro atoms. The van der Waals surface area contributed by atoms with Crippen LogP contribution in [0.15, 0.2) is 52.9 Å². The number of carbonyl (C=O) groups excluding carboxylic acids is 1. The summed E-state index contributed by atoms with van der Waals surface area (Å²) >= 11 is 3.03. The summed E-state index contributed by atoms with van der Waals surface area (Å²) < 4.78 is 11.4. The van der Waals surface area contributed by atoms with E-state index in [1.54, 1.807) is 37.1 Å². The first kappa shape index (κ1) is 26.3. The maximum Gasteiger partial charge on any atom is 0.268 e. The number of benzene rings is 2. The number of aryl methyl sites for hydroxylation is 1. The third-order valence-corrected chi connectivity index (χ3v) is 6.60. The Labute approximate surface area is 214 Å². The molecule has 0 saturated carbocycles. The van der Waals surface area contributed by atoms with Crippen LogP contribution in [0.5, 0.6) is 11.5 Å². The van der Waals surface area contributed by atoms with Gasteiger partial charge in [-0.3, -0.25) is 10.1 Å². The van der Waals surface area contributed by atoms with Gasteiger partial charge in [-0.15, -0.1) is 22.0 Å². The molecule has 9 heteroatoms. The van der Waals surface area contributed by atoms with E-state index >= 15 is 0 Å². The predicted octanol–water partition coefficient (Wildman–Crippen LogP) is 5.77. The lowest BCUT2D eigenvalue weighted by Crippen LogP contribution is -2.13. The number of hydrogen-bond acceptors (Lipinski definition) is 8. The Bertz CT molecular complexity index is 1210. The van der Waals surface area contributed by atoms with Gasteiger partial charge in [0.1, 0.15) is 16.6 Å². The molecule has 1 aromatic heterocycles. The molecular formula is C26H28N4O3S2. The molecule has 0 radical (unpaired) electrons. The molecule has 2 aromatic carbocycles. The zero-order chi connectivity index (χ0) is 25.2. The van der Waals surface area contributed by atoms with Crippen LogP contribution in [-0.4, -0.2) is 35.6 Å². The monoisotopic (exact) mass is 508 g/mol. The normalized spacial score (nSPS) is 11.3. The van der Waals surface area contributed by atoms with Crippen molar-refractivity contribution in [3.63, 3.8) is 0 Å². The van der Waals surface area contributed by atoms with Gasteiger partial charge in [0.25, 0.3) is 5.91 Å². The summed E-state index contributed by atoms with van der Waals surface area (Å²) in [5.41, 5.74) is 1.83. The lowest BCUT2D eigenvalue weighted by atomic mass is 10.1. The van der Waals surface area contributed by atoms with Crippen molar-refractivity contribution in [2.45, 2.75) is 32.1 Å². The molecular weight excluding hydrogens is 480 g/mol. The minimum atomic E-state index is -0.535. The fourth-order valence-corrected chi connectivity index (χ4v) is 4.73. The average Bonchev–Trinajstić information content (AvgIpc) is 3.27. The SMILES string of the molecule is COc1cc(/C=C(/C#N)C(=O)Nc2nnc(CC(C)C)s2)ccc1OCCSc1ccc(C)cc1. The van der Waals surface area contributed by atoms with Gasteiger partial charge >= 0.3 is 0 Å². The smallest absolute Gasteiger partial charge is 0.268 e. The highest BCUT2D eigenvalue weighted by atomic mass is 32.2. The van der Waals surface area contributed by atoms with E-state index in [0.717, 1.165) is 17.2 Å². The topological polar surface area (TPSA) is 97.1 Å². The van der Waals surface area contributed by atoms with E-state index in [2.05, 4.69) is 60.6 Å². The zero-order valence-electron chi connectivity index (χ0n) is 20.2. The highest BCUT2D eigenvalue weighted by molar-refractivity contribution is 7.99. The highest BCUT2D eigenvalue weighted by Crippen LogP contribution is 2.30. The highest BCUT2D eigenvalue weighted by Gasteiger charge is 2.14. The van der Waals surface area contributed by atoms with Gasteiger partial charge < -0.3 is 9.47 Å². The van der Waals surface area contributed by atoms with E-state index < -0.39 is 5.91 Å². The van der Waals surface area contributed by atoms with Crippen LogP contribution in [0.1, 0.15) is 30.0 Å². The van der Waals surface area contributed by atoms with Crippen LogP contribution in [0.2, 0.25) is 0 Å². The van der Waals surface area contributed by atoms with Crippen molar-refractivity contribution in [3.8, 4) is 17.6 Å². The van der Waals surface area contributed by atoms with Crippen molar-refractivity contribution in [1.29, 1.82) is 5.26 Å². The molecule has 0 unspecified atom stereocenters. The molecule has 3 rings (SSSR count). The Morgan fingerprint density at radius 3 is 2.66 bits per heavy atom. The maximum absolute atomic E-state index is 12.6. The van der Waals surface area contributed by atoms with Gasteiger partial charge in [-0.25, -0.2) is 0 Å². The molecule has 182 valence electrons. The summed E-state index contributed by atoms with van der Waals surface area (Å²) in [6, 6.07) is 15.6. The Morgan fingerprint density at radius 1 is 1.20 bits per heavy atom. The van der Waals surface area contributed by atoms with Gasteiger partial charge in [-0.2, -0.15) is 5.26 Å². The van der Waals surface area contributed by atoms with Crippen LogP contribution in [0, 0.1) is 24.2 Å². The molecule has 35 heavy (non-hydrogen) atoms. The number of carbonyl (C=O) groups is 1. The van der Waals surface area contributed by atoms with Crippen molar-refractivity contribution in [2.75, 3.05) is 24.8 Å². The van der Waals surface area contributed by atoms with Crippen LogP contribution < -0.4 is 14.8 Å². The van der Waals surface area contributed by atoms with E-state index in [0.29, 0.717) is 34.7 Å². The number of amides is 1. The first-order valence-corrected chi connectivity index (χ1v) is 12.9. The molecule has 0 atom stereocenters. The first-order chi connectivity index (χ1) is 16.9. The lowest BCUT2D eigenvalue weighted by Gasteiger charge is -2.11. The van der Waals surface area contributed by atoms with E-state index in [4.69, 9.17) is 9.47 Å². The Hall–Kier alpha value is -3.35. The maximum atomic E-state index is 12.6. The lowest BCUT2D eigenvalue weighted by molar-refractivity contribution is -0.112. The number of anilines is 1. The molecule has 0 aliphatic rings. The number of rotatable bonds is 11. The summed E-state index contributed by atoms with van der Waals surface area (Å²) in [7, 11) is 1.55. The quantitative estimate of drug-likeness (QED) is 0.152. The number of nitriles is 1. The molecule has 0 saturated heterocycles. The number of hydrogen-bond donors (Lipinski definition) is 1. The van der Waals surface area contributed by atoms with Crippen LogP contribution >= 0.6 is 23.1 Å². The van der Waals surface area contributed by atoms with Crippen molar-refractivity contribution in [2.24, 2.45) is 5.92 Å². The second-order valence-electron chi connectivity index (χ2n) is 8.14. The van der Waals surface area contributed by atoms with Gasteiger partial charge in [-0.1, -0.05) is 48.9 Å². The van der Waals surface area contributed by atoms with E-state index in [9.17, 15) is 10.1 Å². The Kier molecular flexibility index (Phi) is 9.70. The fourth-order valence-electron chi connectivity index (χ4n) is 3.05. The average molecular weight is 509 g/mol. The van der Waals surface area contributed by atoms with Crippen molar-refractivity contribution < 1.29 is 14.3 Å². The number of methoxy groups -OCH3 is 1. The van der Waals surface area contributed by atoms with Gasteiger partial charge in [0.2, 0.25) is 5.13 Å². The Balaban J connectivity index is 1.61. The molecule has 0 bridgehead atoms. The summed E-state index contributed by atoms with van der Waals surface area (Å²) in [6.07, 6.45) is 2.29. The fraction of sp³-hybridized carbons (Fsp3) is 0.308. The van der Waals surface area contributed by atoms with E-state index in [-0.39, 0.29) is 5.57 Å². The Morgan fingerprint density at radius 2 is 1.97 bits per heavy atom. The summed E-state index contributed by atoms with van der Waals surface area (Å²) in [6.45, 7) is 6.75. The first-order valence-electron chi connectivity index (χ1n) is 11.1. The standard InChI is InChI=1S/C26H28N4O3S2/c1-17(2)13-24-29-30-26(35-24)28-25(31)20(16-27)14-19-7-10-22(23(15-19)32-4)33-11-12-34-21-8-5-18(3)6-9-21/h5-10,14-15,17H,11-13H2,1-4H3,(H,28,30,31)/b20-14-. The van der Waals surface area contributed by atoms with Crippen LogP contribution in [0.25, 0.3) is 6.08 Å². The number of aromatic nitrogens is 2. The zero-order valence-corrected chi connectivity index (χ0v) is 21.8. The summed E-state index contributed by atoms with van der Waals surface area (Å²) in [4.78, 5) is 13.8. The molecule has 7 nitrogen and oxygen atoms in total. The second-order valence-corrected chi connectivity index (χ2v) is 10.4. The molecule has 0 aliphatic heterocycles. The van der Waals surface area contributed by atoms with Crippen LogP contribution in [0.4, 0.5) is 5.13 Å². The number of nitrogens with one attached hydrogen (secondary N) is 1. The predicted molar refractivity (Wildman–Crippen MR) is 141 cm³/mol. The third kappa shape index (κ3) is 8.12. The van der Waals surface area contributed by atoms with Gasteiger partial charge in [0.15, 0.2) is 11.5 Å². The van der Waals surface area contributed by atoms with E-state index in [1.165, 1.54) is 27.9 Å². The summed E-state index contributed by atoms with van der Waals surface area (Å²) in [5, 5.41) is 21.5. The largest absolute Gasteiger partial charge is 0.493 e. The summed E-state index contributed by atoms with van der Waals surface area (Å²) in [5.74, 6) is 1.82. The number of thioether (sulfide) groups is 1. The van der Waals surface area contributed by atoms with Gasteiger partial charge in [-0.05, 0) is 48.7 Å². The molecule has 1 N–H and O–H groups in total. The minimum Gasteiger partial charge on any atom is -0.493 e. The molecule has 1 amide bonds. The van der Waals surface area contributed by atoms with Crippen molar-refractivity contribution in [3.05, 3.63) is 64.2 Å². The van der Waals surface area contributed by atoms with Crippen molar-refractivity contribution >= 4 is 40.2 Å². The minimum absolute atomic E-state index is 0.0455.